The SMILES string of the molecule is C=CCOC12Oc3ccc(OC(=O)Nc4ccc(OC)cc4OC)cc3C3C(CCCCO)C(CCCCO)C=C(C(=NOCc4ccccc4)CC1N(Cc1cccc4ccccc14)C(=O)CCCCCCCCCCC)C32. The van der Waals surface area contributed by atoms with Crippen molar-refractivity contribution in [1.82, 2.24) is 4.90 Å². The summed E-state index contributed by atoms with van der Waals surface area (Å²) in [6, 6.07) is 34.4. The van der Waals surface area contributed by atoms with Crippen molar-refractivity contribution in [3.8, 4) is 23.0 Å². The number of unbranched alkanes of at least 4 members (excludes halogenated alkanes) is 10. The highest BCUT2D eigenvalue weighted by molar-refractivity contribution is 6.03. The summed E-state index contributed by atoms with van der Waals surface area (Å²) in [6.07, 6.45) is 18.4. The number of aliphatic hydroxyl groups excluding tert-OH is 2. The summed E-state index contributed by atoms with van der Waals surface area (Å²) in [5.74, 6) is -0.591. The normalized spacial score (nSPS) is 20.5. The molecule has 0 aromatic heterocycles. The number of hydrogen-bond donors (Lipinski definition) is 3. The Morgan fingerprint density at radius 2 is 1.52 bits per heavy atom. The van der Waals surface area contributed by atoms with E-state index in [0.29, 0.717) is 53.7 Å². The number of hydrogen-bond acceptors (Lipinski definition) is 11. The highest BCUT2D eigenvalue weighted by atomic mass is 16.7. The zero-order valence-corrected chi connectivity index (χ0v) is 46.8. The molecule has 422 valence electrons. The van der Waals surface area contributed by atoms with Gasteiger partial charge in [-0.15, -0.1) is 6.58 Å². The number of nitrogens with zero attached hydrogens (tertiary/aromatic N) is 2. The van der Waals surface area contributed by atoms with E-state index in [2.05, 4.69) is 55.2 Å². The number of anilines is 1. The summed E-state index contributed by atoms with van der Waals surface area (Å²) < 4.78 is 32.0. The van der Waals surface area contributed by atoms with Gasteiger partial charge < -0.3 is 43.6 Å². The summed E-state index contributed by atoms with van der Waals surface area (Å²) in [6.45, 7) is 7.17. The molecule has 5 aromatic rings. The molecule has 0 spiro atoms. The van der Waals surface area contributed by atoms with Crippen LogP contribution in [-0.2, 0) is 27.5 Å². The van der Waals surface area contributed by atoms with Gasteiger partial charge in [0.05, 0.1) is 38.1 Å². The molecule has 1 fully saturated rings. The van der Waals surface area contributed by atoms with E-state index in [9.17, 15) is 15.0 Å². The zero-order chi connectivity index (χ0) is 55.4. The van der Waals surface area contributed by atoms with E-state index < -0.39 is 23.8 Å². The molecule has 13 heteroatoms. The lowest BCUT2D eigenvalue weighted by Crippen LogP contribution is -2.70. The number of aliphatic hydroxyl groups is 2. The summed E-state index contributed by atoms with van der Waals surface area (Å²) in [4.78, 5) is 37.9. The van der Waals surface area contributed by atoms with Crippen LogP contribution in [0.3, 0.4) is 0 Å². The predicted molar refractivity (Wildman–Crippen MR) is 312 cm³/mol. The average Bonchev–Trinajstić information content (AvgIpc) is 2.88. The molecule has 6 unspecified atom stereocenters. The summed E-state index contributed by atoms with van der Waals surface area (Å²) in [5, 5.41) is 30.4. The lowest BCUT2D eigenvalue weighted by atomic mass is 9.55. The van der Waals surface area contributed by atoms with Gasteiger partial charge in [0.2, 0.25) is 11.7 Å². The van der Waals surface area contributed by atoms with Crippen LogP contribution in [0.2, 0.25) is 0 Å². The minimum atomic E-state index is -1.48. The van der Waals surface area contributed by atoms with E-state index >= 15 is 4.79 Å². The predicted octanol–water partition coefficient (Wildman–Crippen LogP) is 14.3. The second-order valence-corrected chi connectivity index (χ2v) is 21.4. The second-order valence-electron chi connectivity index (χ2n) is 21.4. The van der Waals surface area contributed by atoms with Gasteiger partial charge >= 0.3 is 6.09 Å². The van der Waals surface area contributed by atoms with Crippen LogP contribution in [0.5, 0.6) is 23.0 Å². The highest BCUT2D eigenvalue weighted by Crippen LogP contribution is 2.62. The number of carbonyl (C=O) groups is 2. The van der Waals surface area contributed by atoms with Gasteiger partial charge in [-0.25, -0.2) is 4.79 Å². The quantitative estimate of drug-likeness (QED) is 0.0222. The molecule has 13 nitrogen and oxygen atoms in total. The Bertz CT molecular complexity index is 2830. The molecule has 1 saturated carbocycles. The van der Waals surface area contributed by atoms with Crippen molar-refractivity contribution in [2.24, 2.45) is 22.9 Å². The van der Waals surface area contributed by atoms with Crippen LogP contribution in [0.4, 0.5) is 10.5 Å². The Kier molecular flexibility index (Phi) is 21.8. The standard InChI is InChI=1S/C66H83N3O10/c1-5-7-8-9-10-11-12-13-17-33-62(72)69(45-50-30-24-29-48-27-18-19-31-53(48)50)61-44-58(68-77-46-47-25-15-14-16-26-47)55-41-49(28-20-22-38-70)54(32-21-23-39-71)63-56-42-52(35-37-59(56)79-66(61,64(55)63)76-40-6-2)78-65(73)67-57-36-34-51(74-3)43-60(57)75-4/h6,14-16,18-19,24-27,29-31,34-37,41-43,49,54,61,63-64,70-71H,2,5,7-13,17,20-23,28,32-33,38-40,44-46H2,1,3-4H3,(H,67,73). The Labute approximate surface area is 468 Å². The van der Waals surface area contributed by atoms with Crippen molar-refractivity contribution in [2.75, 3.05) is 39.4 Å². The number of ether oxygens (including phenoxy) is 5. The van der Waals surface area contributed by atoms with Gasteiger partial charge in [0.15, 0.2) is 0 Å². The molecule has 2 aliphatic carbocycles. The molecule has 3 aliphatic rings. The third-order valence-corrected chi connectivity index (χ3v) is 16.2. The smallest absolute Gasteiger partial charge is 0.417 e. The zero-order valence-electron chi connectivity index (χ0n) is 46.8. The number of fused-ring (bicyclic) bond motifs is 3. The first-order valence-corrected chi connectivity index (χ1v) is 29.0. The maximum absolute atomic E-state index is 15.7. The van der Waals surface area contributed by atoms with E-state index in [-0.39, 0.29) is 63.1 Å². The van der Waals surface area contributed by atoms with Gasteiger partial charge in [-0.2, -0.15) is 0 Å². The fourth-order valence-electron chi connectivity index (χ4n) is 12.3. The van der Waals surface area contributed by atoms with Gasteiger partial charge in [-0.1, -0.05) is 161 Å². The Balaban J connectivity index is 1.27. The highest BCUT2D eigenvalue weighted by Gasteiger charge is 2.65. The number of benzene rings is 5. The number of oxime groups is 1. The third kappa shape index (κ3) is 14.6. The lowest BCUT2D eigenvalue weighted by molar-refractivity contribution is -0.258. The first-order valence-electron chi connectivity index (χ1n) is 29.0. The number of carbonyl (C=O) groups excluding carboxylic acids is 2. The van der Waals surface area contributed by atoms with E-state index in [0.717, 1.165) is 84.4 Å². The first-order chi connectivity index (χ1) is 38.7. The van der Waals surface area contributed by atoms with Crippen LogP contribution in [0.15, 0.2) is 139 Å². The molecule has 2 amide bonds. The van der Waals surface area contributed by atoms with E-state index in [1.54, 1.807) is 37.5 Å². The topological polar surface area (TPSA) is 158 Å². The lowest BCUT2D eigenvalue weighted by Gasteiger charge is -2.60. The monoisotopic (exact) mass is 1080 g/mol. The van der Waals surface area contributed by atoms with E-state index in [1.807, 2.05) is 59.5 Å². The van der Waals surface area contributed by atoms with E-state index in [4.69, 9.17) is 33.7 Å². The molecular formula is C66H83N3O10. The molecule has 0 saturated heterocycles. The third-order valence-electron chi connectivity index (χ3n) is 16.2. The number of allylic oxidation sites excluding steroid dienone is 1. The number of amides is 2. The maximum atomic E-state index is 15.7. The van der Waals surface area contributed by atoms with Crippen LogP contribution in [0, 0.1) is 17.8 Å². The van der Waals surface area contributed by atoms with Crippen molar-refractivity contribution in [3.05, 3.63) is 150 Å². The van der Waals surface area contributed by atoms with E-state index in [1.165, 1.54) is 39.2 Å². The molecule has 0 bridgehead atoms. The average molecular weight is 1080 g/mol. The van der Waals surface area contributed by atoms with Crippen LogP contribution in [0.25, 0.3) is 10.8 Å². The number of nitrogens with one attached hydrogen (secondary N) is 1. The molecule has 0 radical (unpaired) electrons. The van der Waals surface area contributed by atoms with Crippen LogP contribution in [-0.4, -0.2) is 78.7 Å². The molecule has 1 aliphatic heterocycles. The van der Waals surface area contributed by atoms with Crippen molar-refractivity contribution in [1.29, 1.82) is 0 Å². The fourth-order valence-corrected chi connectivity index (χ4v) is 12.3. The Morgan fingerprint density at radius 1 is 0.797 bits per heavy atom. The van der Waals surface area contributed by atoms with Gasteiger partial charge in [-0.05, 0) is 102 Å². The van der Waals surface area contributed by atoms with Gasteiger partial charge in [0.25, 0.3) is 0 Å². The summed E-state index contributed by atoms with van der Waals surface area (Å²) >= 11 is 0. The summed E-state index contributed by atoms with van der Waals surface area (Å²) in [5.41, 5.74) is 4.84. The van der Waals surface area contributed by atoms with Crippen molar-refractivity contribution in [2.45, 2.75) is 147 Å². The van der Waals surface area contributed by atoms with Crippen LogP contribution in [0.1, 0.15) is 139 Å². The molecule has 5 aromatic carbocycles. The Morgan fingerprint density at radius 3 is 2.27 bits per heavy atom. The minimum Gasteiger partial charge on any atom is -0.497 e. The molecule has 3 N–H and O–H groups in total. The van der Waals surface area contributed by atoms with Crippen molar-refractivity contribution in [3.63, 3.8) is 0 Å². The van der Waals surface area contributed by atoms with Gasteiger partial charge in [-0.3, -0.25) is 10.1 Å². The van der Waals surface area contributed by atoms with Gasteiger partial charge in [0, 0.05) is 50.1 Å². The van der Waals surface area contributed by atoms with Crippen molar-refractivity contribution >= 4 is 34.2 Å². The fraction of sp³-hybridized carbons (Fsp3) is 0.470. The maximum Gasteiger partial charge on any atom is 0.417 e. The van der Waals surface area contributed by atoms with Crippen LogP contribution < -0.4 is 24.3 Å². The van der Waals surface area contributed by atoms with Crippen LogP contribution >= 0.6 is 0 Å². The largest absolute Gasteiger partial charge is 0.497 e. The molecule has 8 rings (SSSR count). The molecule has 6 atom stereocenters. The summed E-state index contributed by atoms with van der Waals surface area (Å²) in [7, 11) is 3.08. The van der Waals surface area contributed by atoms with Crippen molar-refractivity contribution < 1.29 is 48.3 Å². The second kappa shape index (κ2) is 29.5. The Hall–Kier alpha value is -6.67. The molecule has 1 heterocycles. The number of rotatable bonds is 31. The van der Waals surface area contributed by atoms with Gasteiger partial charge in [0.1, 0.15) is 35.6 Å². The molecule has 79 heavy (non-hydrogen) atoms. The first kappa shape index (κ1) is 58.5. The minimum absolute atomic E-state index is 0.00380. The number of methoxy groups -OCH3 is 2. The molecular weight excluding hydrogens is 995 g/mol.